The maximum atomic E-state index is 2.42. The van der Waals surface area contributed by atoms with Crippen LogP contribution in [0.1, 0.15) is 64.7 Å². The van der Waals surface area contributed by atoms with E-state index in [2.05, 4.69) is 6.92 Å². The van der Waals surface area contributed by atoms with Gasteiger partial charge in [-0.1, -0.05) is 13.3 Å². The highest BCUT2D eigenvalue weighted by molar-refractivity contribution is 7.79. The van der Waals surface area contributed by atoms with Gasteiger partial charge in [-0.2, -0.15) is 0 Å². The van der Waals surface area contributed by atoms with Crippen molar-refractivity contribution in [3.63, 3.8) is 0 Å². The minimum absolute atomic E-state index is 1.02. The van der Waals surface area contributed by atoms with Crippen LogP contribution in [0.2, 0.25) is 0 Å². The van der Waals surface area contributed by atoms with E-state index in [1.54, 1.807) is 0 Å². The van der Waals surface area contributed by atoms with Crippen LogP contribution in [0.3, 0.4) is 0 Å². The summed E-state index contributed by atoms with van der Waals surface area (Å²) in [6, 6.07) is 0. The molecule has 0 aromatic rings. The third-order valence-electron chi connectivity index (χ3n) is 3.98. The van der Waals surface area contributed by atoms with Crippen molar-refractivity contribution < 1.29 is 0 Å². The molecule has 2 fully saturated rings. The van der Waals surface area contributed by atoms with Crippen molar-refractivity contribution in [2.75, 3.05) is 0 Å². The molecule has 0 heterocycles. The third kappa shape index (κ3) is 3.18. The first kappa shape index (κ1) is 10.9. The van der Waals surface area contributed by atoms with Crippen LogP contribution in [0, 0.1) is 5.92 Å². The molecule has 0 radical (unpaired) electrons. The Kier molecular flexibility index (Phi) is 4.22. The zero-order chi connectivity index (χ0) is 9.80. The zero-order valence-electron chi connectivity index (χ0n) is 9.54. The van der Waals surface area contributed by atoms with Gasteiger partial charge >= 0.3 is 0 Å². The van der Waals surface area contributed by atoms with Crippen molar-refractivity contribution in [1.29, 1.82) is 0 Å². The second-order valence-electron chi connectivity index (χ2n) is 5.35. The molecule has 0 bridgehead atoms. The van der Waals surface area contributed by atoms with Crippen molar-refractivity contribution in [2.45, 2.75) is 75.2 Å². The Labute approximate surface area is 93.2 Å². The van der Waals surface area contributed by atoms with Crippen molar-refractivity contribution in [3.8, 4) is 0 Å². The molecular weight excluding hydrogens is 188 g/mol. The van der Waals surface area contributed by atoms with Gasteiger partial charge in [-0.25, -0.2) is 0 Å². The summed E-state index contributed by atoms with van der Waals surface area (Å²) in [5.74, 6) is 1.02. The Morgan fingerprint density at radius 3 is 1.93 bits per heavy atom. The molecule has 0 amide bonds. The summed E-state index contributed by atoms with van der Waals surface area (Å²) >= 11 is 1.83. The molecule has 0 atom stereocenters. The van der Waals surface area contributed by atoms with E-state index in [-0.39, 0.29) is 0 Å². The van der Waals surface area contributed by atoms with E-state index >= 15 is 0 Å². The minimum atomic E-state index is 1.02. The van der Waals surface area contributed by atoms with Crippen LogP contribution in [0.4, 0.5) is 0 Å². The van der Waals surface area contributed by atoms with Crippen molar-refractivity contribution >= 4 is 11.8 Å². The summed E-state index contributed by atoms with van der Waals surface area (Å²) < 4.78 is 0. The summed E-state index contributed by atoms with van der Waals surface area (Å²) in [7, 11) is 0. The summed E-state index contributed by atoms with van der Waals surface area (Å²) in [5, 5.41) is 2.16. The first-order chi connectivity index (χ1) is 6.84. The van der Waals surface area contributed by atoms with Gasteiger partial charge in [0.1, 0.15) is 10.5 Å². The molecule has 0 N–H and O–H groups in total. The average molecular weight is 213 g/mol. The molecule has 1 heteroatoms. The van der Waals surface area contributed by atoms with Crippen LogP contribution in [0.5, 0.6) is 0 Å². The fourth-order valence-corrected chi connectivity index (χ4v) is 4.78. The molecule has 0 aromatic heterocycles. The van der Waals surface area contributed by atoms with Crippen LogP contribution >= 0.6 is 0 Å². The molecule has 14 heavy (non-hydrogen) atoms. The van der Waals surface area contributed by atoms with E-state index in [1.807, 2.05) is 11.8 Å². The molecule has 0 spiro atoms. The second-order valence-corrected chi connectivity index (χ2v) is 7.11. The maximum Gasteiger partial charge on any atom is 0.116 e. The van der Waals surface area contributed by atoms with Gasteiger partial charge in [0.2, 0.25) is 0 Å². The molecule has 2 rings (SSSR count). The van der Waals surface area contributed by atoms with Crippen LogP contribution in [0.15, 0.2) is 0 Å². The fraction of sp³-hybridized carbons (Fsp3) is 1.00. The van der Waals surface area contributed by atoms with Crippen molar-refractivity contribution in [3.05, 3.63) is 0 Å². The molecular formula is C13H25S+. The van der Waals surface area contributed by atoms with Crippen LogP contribution in [-0.4, -0.2) is 10.5 Å². The van der Waals surface area contributed by atoms with Gasteiger partial charge in [-0.15, -0.1) is 0 Å². The third-order valence-corrected chi connectivity index (χ3v) is 5.86. The lowest BCUT2D eigenvalue weighted by Crippen LogP contribution is -2.26. The van der Waals surface area contributed by atoms with Crippen LogP contribution < -0.4 is 0 Å². The second kappa shape index (κ2) is 5.44. The maximum absolute atomic E-state index is 2.42. The largest absolute Gasteiger partial charge is 0.116 e. The number of rotatable bonds is 2. The summed E-state index contributed by atoms with van der Waals surface area (Å²) in [6.07, 6.45) is 13.7. The predicted octanol–water partition coefficient (Wildman–Crippen LogP) is 3.71. The van der Waals surface area contributed by atoms with Crippen molar-refractivity contribution in [1.82, 2.24) is 0 Å². The highest BCUT2D eigenvalue weighted by Crippen LogP contribution is 2.30. The Hall–Kier alpha value is 0.350. The number of hydrogen-bond acceptors (Lipinski definition) is 0. The molecule has 82 valence electrons. The van der Waals surface area contributed by atoms with Gasteiger partial charge in [0.15, 0.2) is 0 Å². The van der Waals surface area contributed by atoms with E-state index in [1.165, 1.54) is 57.8 Å². The van der Waals surface area contributed by atoms with Gasteiger partial charge < -0.3 is 0 Å². The SMILES string of the molecule is CC1CCC([SH+]C2CCCCC2)CC1. The quantitative estimate of drug-likeness (QED) is 0.484. The highest BCUT2D eigenvalue weighted by atomic mass is 32.2. The molecule has 2 saturated carbocycles. The fourth-order valence-electron chi connectivity index (χ4n) is 2.92. The van der Waals surface area contributed by atoms with Gasteiger partial charge in [-0.05, 0) is 69.0 Å². The van der Waals surface area contributed by atoms with E-state index < -0.39 is 0 Å². The molecule has 0 nitrogen and oxygen atoms in total. The Morgan fingerprint density at radius 2 is 1.29 bits per heavy atom. The number of hydrogen-bond donors (Lipinski definition) is 0. The topological polar surface area (TPSA) is 0 Å². The molecule has 2 aliphatic rings. The minimum Gasteiger partial charge on any atom is -0.0625 e. The first-order valence-corrected chi connectivity index (χ1v) is 7.58. The molecule has 2 aliphatic carbocycles. The average Bonchev–Trinajstić information content (AvgIpc) is 2.23. The molecule has 0 saturated heterocycles. The Bertz CT molecular complexity index is 153. The van der Waals surface area contributed by atoms with Crippen molar-refractivity contribution in [2.24, 2.45) is 5.92 Å². The van der Waals surface area contributed by atoms with Gasteiger partial charge in [0, 0.05) is 0 Å². The smallest absolute Gasteiger partial charge is 0.0625 e. The zero-order valence-corrected chi connectivity index (χ0v) is 10.4. The predicted molar refractivity (Wildman–Crippen MR) is 67.1 cm³/mol. The van der Waals surface area contributed by atoms with E-state index in [0.717, 1.165) is 16.4 Å². The molecule has 0 unspecified atom stereocenters. The van der Waals surface area contributed by atoms with Crippen LogP contribution in [-0.2, 0) is 11.8 Å². The summed E-state index contributed by atoms with van der Waals surface area (Å²) in [6.45, 7) is 2.42. The Balaban J connectivity index is 1.68. The van der Waals surface area contributed by atoms with Gasteiger partial charge in [0.25, 0.3) is 0 Å². The first-order valence-electron chi connectivity index (χ1n) is 6.54. The van der Waals surface area contributed by atoms with Crippen LogP contribution in [0.25, 0.3) is 0 Å². The van der Waals surface area contributed by atoms with E-state index in [9.17, 15) is 0 Å². The highest BCUT2D eigenvalue weighted by Gasteiger charge is 2.29. The monoisotopic (exact) mass is 213 g/mol. The normalized spacial score (nSPS) is 35.8. The summed E-state index contributed by atoms with van der Waals surface area (Å²) in [4.78, 5) is 0. The summed E-state index contributed by atoms with van der Waals surface area (Å²) in [5.41, 5.74) is 0. The van der Waals surface area contributed by atoms with E-state index in [0.29, 0.717) is 0 Å². The lowest BCUT2D eigenvalue weighted by molar-refractivity contribution is 0.390. The number of thiol groups is 1. The van der Waals surface area contributed by atoms with Gasteiger partial charge in [-0.3, -0.25) is 0 Å². The van der Waals surface area contributed by atoms with Gasteiger partial charge in [0.05, 0.1) is 0 Å². The van der Waals surface area contributed by atoms with E-state index in [4.69, 9.17) is 0 Å². The lowest BCUT2D eigenvalue weighted by Gasteiger charge is -2.25. The Morgan fingerprint density at radius 1 is 0.714 bits per heavy atom. The standard InChI is InChI=1S/C13H24S/c1-11-7-9-13(10-8-11)14-12-5-3-2-4-6-12/h11-13H,2-10H2,1H3/p+1. The molecule has 0 aliphatic heterocycles. The lowest BCUT2D eigenvalue weighted by atomic mass is 9.91. The molecule has 0 aromatic carbocycles.